The number of fused-ring (bicyclic) bond motifs is 2. The van der Waals surface area contributed by atoms with Gasteiger partial charge in [-0.1, -0.05) is 6.42 Å². The minimum absolute atomic E-state index is 0. The molecule has 4 fully saturated rings. The molecule has 0 amide bonds. The van der Waals surface area contributed by atoms with Crippen LogP contribution in [0.4, 0.5) is 0 Å². The van der Waals surface area contributed by atoms with E-state index in [4.69, 9.17) is 0 Å². The van der Waals surface area contributed by atoms with Crippen LogP contribution in [0, 0.1) is 23.2 Å². The molecule has 2 aliphatic carbocycles. The van der Waals surface area contributed by atoms with Gasteiger partial charge in [0.25, 0.3) is 0 Å². The first-order valence-electron chi connectivity index (χ1n) is 8.26. The fourth-order valence-electron chi connectivity index (χ4n) is 5.48. The van der Waals surface area contributed by atoms with Crippen LogP contribution in [0.5, 0.6) is 0 Å². The lowest BCUT2D eigenvalue weighted by atomic mass is 9.78. The number of halogens is 1. The molecule has 2 saturated carbocycles. The van der Waals surface area contributed by atoms with E-state index in [1.807, 2.05) is 0 Å². The topological polar surface area (TPSA) is 15.3 Å². The van der Waals surface area contributed by atoms with Gasteiger partial charge in [0.2, 0.25) is 0 Å². The molecular weight excluding hydrogens is 256 g/mol. The van der Waals surface area contributed by atoms with E-state index in [2.05, 4.69) is 10.2 Å². The summed E-state index contributed by atoms with van der Waals surface area (Å²) in [5, 5.41) is 3.53. The van der Waals surface area contributed by atoms with Crippen LogP contribution in [0.1, 0.15) is 44.9 Å². The van der Waals surface area contributed by atoms with Crippen molar-refractivity contribution in [2.75, 3.05) is 32.7 Å². The summed E-state index contributed by atoms with van der Waals surface area (Å²) in [7, 11) is 0. The molecule has 2 bridgehead atoms. The van der Waals surface area contributed by atoms with Crippen molar-refractivity contribution in [1.82, 2.24) is 10.2 Å². The Morgan fingerprint density at radius 3 is 2.58 bits per heavy atom. The van der Waals surface area contributed by atoms with Crippen LogP contribution in [0.3, 0.4) is 0 Å². The largest absolute Gasteiger partial charge is 0.317 e. The van der Waals surface area contributed by atoms with Crippen molar-refractivity contribution in [2.45, 2.75) is 44.9 Å². The van der Waals surface area contributed by atoms with E-state index in [1.165, 1.54) is 52.0 Å². The van der Waals surface area contributed by atoms with Crippen LogP contribution in [0.25, 0.3) is 0 Å². The Bertz CT molecular complexity index is 314. The third-order valence-corrected chi connectivity index (χ3v) is 6.56. The standard InChI is InChI=1S/C16H28N2.ClH/c1-2-14-9-13(1)10-15(14)11-18-8-5-16(12-18)3-6-17-7-4-16;/h13-15,17H,1-12H2;1H. The third kappa shape index (κ3) is 2.69. The Balaban J connectivity index is 0.00000110. The molecule has 1 N–H and O–H groups in total. The van der Waals surface area contributed by atoms with Gasteiger partial charge in [-0.15, -0.1) is 12.4 Å². The van der Waals surface area contributed by atoms with E-state index in [-0.39, 0.29) is 12.4 Å². The van der Waals surface area contributed by atoms with Gasteiger partial charge in [0, 0.05) is 13.1 Å². The van der Waals surface area contributed by atoms with Crippen molar-refractivity contribution in [3.63, 3.8) is 0 Å². The monoisotopic (exact) mass is 284 g/mol. The van der Waals surface area contributed by atoms with Crippen molar-refractivity contribution in [1.29, 1.82) is 0 Å². The predicted octanol–water partition coefficient (Wildman–Crippen LogP) is 2.92. The molecule has 19 heavy (non-hydrogen) atoms. The molecule has 3 heteroatoms. The number of rotatable bonds is 2. The Morgan fingerprint density at radius 2 is 1.89 bits per heavy atom. The molecule has 0 aromatic carbocycles. The molecule has 2 aliphatic heterocycles. The van der Waals surface area contributed by atoms with Crippen LogP contribution in [0.2, 0.25) is 0 Å². The smallest absolute Gasteiger partial charge is 0.00395 e. The Labute approximate surface area is 124 Å². The summed E-state index contributed by atoms with van der Waals surface area (Å²) in [6, 6.07) is 0. The molecule has 0 radical (unpaired) electrons. The molecule has 3 unspecified atom stereocenters. The molecule has 2 saturated heterocycles. The lowest BCUT2D eigenvalue weighted by molar-refractivity contribution is 0.169. The molecule has 0 aromatic heterocycles. The van der Waals surface area contributed by atoms with Crippen molar-refractivity contribution >= 4 is 12.4 Å². The first-order valence-corrected chi connectivity index (χ1v) is 8.26. The number of piperidine rings is 1. The van der Waals surface area contributed by atoms with Gasteiger partial charge < -0.3 is 10.2 Å². The minimum Gasteiger partial charge on any atom is -0.317 e. The van der Waals surface area contributed by atoms with Gasteiger partial charge in [-0.2, -0.15) is 0 Å². The molecule has 3 atom stereocenters. The molecule has 4 rings (SSSR count). The van der Waals surface area contributed by atoms with Crippen LogP contribution < -0.4 is 5.32 Å². The number of likely N-dealkylation sites (tertiary alicyclic amines) is 1. The number of nitrogens with zero attached hydrogens (tertiary/aromatic N) is 1. The summed E-state index contributed by atoms with van der Waals surface area (Å²) in [5.41, 5.74) is 0.711. The highest BCUT2D eigenvalue weighted by Gasteiger charge is 2.43. The van der Waals surface area contributed by atoms with Crippen LogP contribution in [-0.2, 0) is 0 Å². The Hall–Kier alpha value is 0.210. The third-order valence-electron chi connectivity index (χ3n) is 6.56. The van der Waals surface area contributed by atoms with Gasteiger partial charge in [-0.25, -0.2) is 0 Å². The predicted molar refractivity (Wildman–Crippen MR) is 81.8 cm³/mol. The normalized spacial score (nSPS) is 40.7. The molecule has 4 aliphatic rings. The van der Waals surface area contributed by atoms with E-state index < -0.39 is 0 Å². The van der Waals surface area contributed by atoms with E-state index in [1.54, 1.807) is 25.7 Å². The molecule has 0 aromatic rings. The summed E-state index contributed by atoms with van der Waals surface area (Å²) in [5.74, 6) is 3.30. The molecule has 1 spiro atoms. The van der Waals surface area contributed by atoms with E-state index in [0.717, 1.165) is 17.8 Å². The minimum atomic E-state index is 0. The average Bonchev–Trinajstić information content (AvgIpc) is 3.07. The lowest BCUT2D eigenvalue weighted by Gasteiger charge is -2.34. The SMILES string of the molecule is C1CC2(CCN1)CCN(CC1CC3CCC1C3)C2.Cl. The summed E-state index contributed by atoms with van der Waals surface area (Å²) in [6.07, 6.45) is 10.6. The van der Waals surface area contributed by atoms with Gasteiger partial charge in [-0.3, -0.25) is 0 Å². The quantitative estimate of drug-likeness (QED) is 0.839. The van der Waals surface area contributed by atoms with Gasteiger partial charge in [0.1, 0.15) is 0 Å². The first-order chi connectivity index (χ1) is 8.83. The highest BCUT2D eigenvalue weighted by Crippen LogP contribution is 2.49. The fraction of sp³-hybridized carbons (Fsp3) is 1.00. The van der Waals surface area contributed by atoms with Gasteiger partial charge in [0.05, 0.1) is 0 Å². The maximum Gasteiger partial charge on any atom is 0.00395 e. The van der Waals surface area contributed by atoms with Crippen molar-refractivity contribution in [2.24, 2.45) is 23.2 Å². The van der Waals surface area contributed by atoms with Crippen LogP contribution in [0.15, 0.2) is 0 Å². The molecule has 110 valence electrons. The second-order valence-corrected chi connectivity index (χ2v) is 7.67. The summed E-state index contributed by atoms with van der Waals surface area (Å²) >= 11 is 0. The van der Waals surface area contributed by atoms with Gasteiger partial charge >= 0.3 is 0 Å². The number of nitrogens with one attached hydrogen (secondary N) is 1. The maximum absolute atomic E-state index is 3.53. The van der Waals surface area contributed by atoms with Crippen molar-refractivity contribution in [3.8, 4) is 0 Å². The van der Waals surface area contributed by atoms with Crippen LogP contribution in [-0.4, -0.2) is 37.6 Å². The Morgan fingerprint density at radius 1 is 1.05 bits per heavy atom. The zero-order chi connectivity index (χ0) is 12.0. The molecule has 2 nitrogen and oxygen atoms in total. The fourth-order valence-corrected chi connectivity index (χ4v) is 5.48. The highest BCUT2D eigenvalue weighted by molar-refractivity contribution is 5.85. The number of hydrogen-bond acceptors (Lipinski definition) is 2. The molecule has 2 heterocycles. The van der Waals surface area contributed by atoms with Gasteiger partial charge in [-0.05, 0) is 81.3 Å². The Kier molecular flexibility index (Phi) is 4.13. The number of hydrogen-bond donors (Lipinski definition) is 1. The van der Waals surface area contributed by atoms with Crippen LogP contribution >= 0.6 is 12.4 Å². The first kappa shape index (κ1) is 14.2. The van der Waals surface area contributed by atoms with Crippen molar-refractivity contribution < 1.29 is 0 Å². The highest BCUT2D eigenvalue weighted by atomic mass is 35.5. The van der Waals surface area contributed by atoms with E-state index >= 15 is 0 Å². The summed E-state index contributed by atoms with van der Waals surface area (Å²) in [4.78, 5) is 2.83. The summed E-state index contributed by atoms with van der Waals surface area (Å²) < 4.78 is 0. The average molecular weight is 285 g/mol. The van der Waals surface area contributed by atoms with Crippen molar-refractivity contribution in [3.05, 3.63) is 0 Å². The zero-order valence-corrected chi connectivity index (χ0v) is 12.9. The maximum atomic E-state index is 3.53. The summed E-state index contributed by atoms with van der Waals surface area (Å²) in [6.45, 7) is 6.79. The van der Waals surface area contributed by atoms with Gasteiger partial charge in [0.15, 0.2) is 0 Å². The lowest BCUT2D eigenvalue weighted by Crippen LogP contribution is -2.39. The van der Waals surface area contributed by atoms with E-state index in [9.17, 15) is 0 Å². The zero-order valence-electron chi connectivity index (χ0n) is 12.1. The second kappa shape index (κ2) is 5.54. The van der Waals surface area contributed by atoms with E-state index in [0.29, 0.717) is 5.41 Å². The molecular formula is C16H29ClN2. The second-order valence-electron chi connectivity index (χ2n) is 7.67.